The third kappa shape index (κ3) is 2.37. The molecule has 3 aromatic heterocycles. The first-order valence-corrected chi connectivity index (χ1v) is 6.46. The summed E-state index contributed by atoms with van der Waals surface area (Å²) in [5, 5.41) is 0. The number of hydrogen-bond donors (Lipinski definition) is 1. The van der Waals surface area contributed by atoms with Crippen molar-refractivity contribution in [2.75, 3.05) is 0 Å². The molecule has 0 amide bonds. The molecular formula is C14H13NO6. The molecule has 3 aromatic rings. The molecule has 0 aliphatic rings. The summed E-state index contributed by atoms with van der Waals surface area (Å²) in [4.78, 5) is 26.1. The van der Waals surface area contributed by atoms with Crippen molar-refractivity contribution in [2.24, 2.45) is 0 Å². The molecule has 7 nitrogen and oxygen atoms in total. The van der Waals surface area contributed by atoms with Gasteiger partial charge in [-0.25, -0.2) is 9.59 Å². The van der Waals surface area contributed by atoms with Gasteiger partial charge in [-0.2, -0.15) is 0 Å². The van der Waals surface area contributed by atoms with E-state index in [1.54, 1.807) is 19.1 Å². The lowest BCUT2D eigenvalue weighted by atomic mass is 10.2. The van der Waals surface area contributed by atoms with Gasteiger partial charge in [-0.1, -0.05) is 6.92 Å². The molecule has 7 heteroatoms. The lowest BCUT2D eigenvalue weighted by molar-refractivity contribution is 0.0224. The zero-order chi connectivity index (χ0) is 15.0. The van der Waals surface area contributed by atoms with Crippen molar-refractivity contribution in [3.05, 3.63) is 46.2 Å². The summed E-state index contributed by atoms with van der Waals surface area (Å²) in [6.07, 6.45) is 1.29. The second-order valence-corrected chi connectivity index (χ2v) is 4.56. The van der Waals surface area contributed by atoms with Gasteiger partial charge in [0.1, 0.15) is 5.69 Å². The monoisotopic (exact) mass is 291 g/mol. The van der Waals surface area contributed by atoms with E-state index in [2.05, 4.69) is 4.98 Å². The van der Waals surface area contributed by atoms with Crippen molar-refractivity contribution in [3.8, 4) is 0 Å². The number of aryl methyl sites for hydroxylation is 1. The number of carbonyl (C=O) groups excluding carboxylic acids is 1. The Morgan fingerprint density at radius 1 is 1.43 bits per heavy atom. The smallest absolute Gasteiger partial charge is 0.463 e. The van der Waals surface area contributed by atoms with Gasteiger partial charge in [-0.05, 0) is 13.3 Å². The molecule has 0 aromatic carbocycles. The van der Waals surface area contributed by atoms with Gasteiger partial charge in [0, 0.05) is 12.1 Å². The highest BCUT2D eigenvalue weighted by atomic mass is 16.6. The number of furan rings is 1. The van der Waals surface area contributed by atoms with E-state index in [4.69, 9.17) is 18.0 Å². The quantitative estimate of drug-likeness (QED) is 0.742. The van der Waals surface area contributed by atoms with Crippen LogP contribution in [0.3, 0.4) is 0 Å². The van der Waals surface area contributed by atoms with Crippen molar-refractivity contribution in [3.63, 3.8) is 0 Å². The summed E-state index contributed by atoms with van der Waals surface area (Å²) in [7, 11) is 0. The number of nitrogens with one attached hydrogen (secondary N) is 1. The maximum Gasteiger partial charge on any atom is 0.519 e. The molecule has 0 bridgehead atoms. The van der Waals surface area contributed by atoms with Crippen LogP contribution >= 0.6 is 0 Å². The minimum absolute atomic E-state index is 0.228. The van der Waals surface area contributed by atoms with Crippen molar-refractivity contribution in [1.82, 2.24) is 4.98 Å². The minimum Gasteiger partial charge on any atom is -0.463 e. The molecule has 1 N–H and O–H groups in total. The molecule has 0 spiro atoms. The predicted octanol–water partition coefficient (Wildman–Crippen LogP) is 2.92. The Morgan fingerprint density at radius 3 is 2.86 bits per heavy atom. The average molecular weight is 291 g/mol. The molecular weight excluding hydrogens is 278 g/mol. The normalized spacial score (nSPS) is 12.7. The van der Waals surface area contributed by atoms with Gasteiger partial charge in [0.2, 0.25) is 0 Å². The Bertz CT molecular complexity index is 805. The Morgan fingerprint density at radius 2 is 2.24 bits per heavy atom. The van der Waals surface area contributed by atoms with E-state index in [9.17, 15) is 9.59 Å². The fourth-order valence-corrected chi connectivity index (χ4v) is 2.12. The second kappa shape index (κ2) is 5.01. The molecule has 110 valence electrons. The average Bonchev–Trinajstić information content (AvgIpc) is 3.10. The summed E-state index contributed by atoms with van der Waals surface area (Å²) in [6.45, 7) is 3.39. The Kier molecular flexibility index (Phi) is 3.17. The third-order valence-corrected chi connectivity index (χ3v) is 3.15. The molecule has 0 saturated carbocycles. The van der Waals surface area contributed by atoms with Crippen molar-refractivity contribution in [1.29, 1.82) is 0 Å². The summed E-state index contributed by atoms with van der Waals surface area (Å²) >= 11 is 0. The van der Waals surface area contributed by atoms with E-state index >= 15 is 0 Å². The summed E-state index contributed by atoms with van der Waals surface area (Å²) in [5.74, 6) is -0.836. The van der Waals surface area contributed by atoms with Gasteiger partial charge < -0.3 is 23.0 Å². The third-order valence-electron chi connectivity index (χ3n) is 3.15. The Labute approximate surface area is 118 Å². The number of fused-ring (bicyclic) bond motifs is 1. The first-order valence-electron chi connectivity index (χ1n) is 6.46. The minimum atomic E-state index is -0.811. The number of aromatic nitrogens is 1. The number of aromatic amines is 1. The van der Waals surface area contributed by atoms with Crippen LogP contribution in [-0.4, -0.2) is 11.0 Å². The maximum atomic E-state index is 12.1. The van der Waals surface area contributed by atoms with E-state index in [1.165, 1.54) is 6.26 Å². The number of esters is 1. The molecule has 0 radical (unpaired) electrons. The van der Waals surface area contributed by atoms with Gasteiger partial charge >= 0.3 is 11.8 Å². The highest BCUT2D eigenvalue weighted by molar-refractivity contribution is 5.93. The molecule has 0 saturated heterocycles. The number of ether oxygens (including phenoxy) is 1. The van der Waals surface area contributed by atoms with E-state index in [-0.39, 0.29) is 11.5 Å². The number of H-pyrrole nitrogens is 1. The van der Waals surface area contributed by atoms with Crippen LogP contribution < -0.4 is 5.82 Å². The fourth-order valence-electron chi connectivity index (χ4n) is 2.12. The van der Waals surface area contributed by atoms with Gasteiger partial charge in [0.15, 0.2) is 23.2 Å². The van der Waals surface area contributed by atoms with Gasteiger partial charge in [0.25, 0.3) is 0 Å². The largest absolute Gasteiger partial charge is 0.519 e. The van der Waals surface area contributed by atoms with Crippen LogP contribution in [0.5, 0.6) is 0 Å². The standard InChI is InChI=1S/C14H13NO6/c1-3-10(12-7(2)19-14(17)21-12)20-13(16)9-6-11-8(15-9)4-5-18-11/h4-6,10,15H,3H2,1-2H3. The van der Waals surface area contributed by atoms with Crippen LogP contribution in [0.25, 0.3) is 11.1 Å². The molecule has 1 atom stereocenters. The van der Waals surface area contributed by atoms with Gasteiger partial charge in [-0.15, -0.1) is 0 Å². The molecule has 1 unspecified atom stereocenters. The van der Waals surface area contributed by atoms with Crippen LogP contribution in [0.4, 0.5) is 0 Å². The van der Waals surface area contributed by atoms with Gasteiger partial charge in [0.05, 0.1) is 11.8 Å². The zero-order valence-electron chi connectivity index (χ0n) is 11.5. The fraction of sp³-hybridized carbons (Fsp3) is 0.286. The van der Waals surface area contributed by atoms with Crippen LogP contribution in [0.2, 0.25) is 0 Å². The summed E-state index contributed by atoms with van der Waals surface area (Å²) < 4.78 is 20.2. The number of hydrogen-bond acceptors (Lipinski definition) is 6. The number of rotatable bonds is 4. The Hall–Kier alpha value is -2.70. The highest BCUT2D eigenvalue weighted by Crippen LogP contribution is 2.25. The zero-order valence-corrected chi connectivity index (χ0v) is 11.5. The molecule has 0 fully saturated rings. The van der Waals surface area contributed by atoms with E-state index in [0.29, 0.717) is 23.3 Å². The first-order chi connectivity index (χ1) is 10.1. The summed E-state index contributed by atoms with van der Waals surface area (Å²) in [6, 6.07) is 3.27. The van der Waals surface area contributed by atoms with E-state index < -0.39 is 17.9 Å². The van der Waals surface area contributed by atoms with Crippen molar-refractivity contribution >= 4 is 17.1 Å². The van der Waals surface area contributed by atoms with Crippen LogP contribution in [-0.2, 0) is 4.74 Å². The molecule has 3 rings (SSSR count). The topological polar surface area (TPSA) is 98.6 Å². The first kappa shape index (κ1) is 13.3. The highest BCUT2D eigenvalue weighted by Gasteiger charge is 2.24. The van der Waals surface area contributed by atoms with Crippen molar-refractivity contribution in [2.45, 2.75) is 26.4 Å². The van der Waals surface area contributed by atoms with Crippen molar-refractivity contribution < 1.29 is 22.8 Å². The lowest BCUT2D eigenvalue weighted by Gasteiger charge is -2.12. The SMILES string of the molecule is CCC(OC(=O)c1cc2occc2[nH]1)c1oc(=O)oc1C. The molecule has 3 heterocycles. The molecule has 0 aliphatic heterocycles. The van der Waals surface area contributed by atoms with Crippen LogP contribution in [0.15, 0.2) is 36.4 Å². The number of carbonyl (C=O) groups is 1. The second-order valence-electron chi connectivity index (χ2n) is 4.56. The van der Waals surface area contributed by atoms with Crippen LogP contribution in [0.1, 0.15) is 41.5 Å². The summed E-state index contributed by atoms with van der Waals surface area (Å²) in [5.41, 5.74) is 1.55. The maximum absolute atomic E-state index is 12.1. The molecule has 0 aliphatic carbocycles. The van der Waals surface area contributed by atoms with E-state index in [0.717, 1.165) is 0 Å². The van der Waals surface area contributed by atoms with E-state index in [1.807, 2.05) is 6.92 Å². The predicted molar refractivity (Wildman–Crippen MR) is 71.0 cm³/mol. The Balaban J connectivity index is 1.83. The van der Waals surface area contributed by atoms with Gasteiger partial charge in [-0.3, -0.25) is 0 Å². The molecule has 21 heavy (non-hydrogen) atoms. The lowest BCUT2D eigenvalue weighted by Crippen LogP contribution is -2.12. The van der Waals surface area contributed by atoms with Crippen LogP contribution in [0, 0.1) is 6.92 Å².